The second-order valence-electron chi connectivity index (χ2n) is 7.47. The molecule has 1 amide bonds. The van der Waals surface area contributed by atoms with Gasteiger partial charge in [0.15, 0.2) is 0 Å². The van der Waals surface area contributed by atoms with Crippen molar-refractivity contribution >= 4 is 29.1 Å². The first kappa shape index (κ1) is 19.0. The molecule has 1 N–H and O–H groups in total. The molecule has 2 fully saturated rings. The monoisotopic (exact) mass is 397 g/mol. The highest BCUT2D eigenvalue weighted by molar-refractivity contribution is 6.30. The van der Waals surface area contributed by atoms with Crippen LogP contribution in [-0.2, 0) is 11.4 Å². The summed E-state index contributed by atoms with van der Waals surface area (Å²) >= 11 is 5.85. The summed E-state index contributed by atoms with van der Waals surface area (Å²) in [5.74, 6) is 0. The molecule has 0 saturated carbocycles. The lowest BCUT2D eigenvalue weighted by Gasteiger charge is -2.46. The summed E-state index contributed by atoms with van der Waals surface area (Å²) in [6, 6.07) is 18.4. The summed E-state index contributed by atoms with van der Waals surface area (Å²) in [6.07, 6.45) is 4.73. The molecule has 2 aliphatic heterocycles. The van der Waals surface area contributed by atoms with Crippen LogP contribution in [0, 0.1) is 0 Å². The molecule has 28 heavy (non-hydrogen) atoms. The Hall–Kier alpha value is -2.37. The summed E-state index contributed by atoms with van der Waals surface area (Å²) in [5.41, 5.74) is 2.95. The number of piperidine rings is 2. The van der Waals surface area contributed by atoms with Gasteiger partial charge in [-0.2, -0.15) is 0 Å². The largest absolute Gasteiger partial charge is 0.437 e. The van der Waals surface area contributed by atoms with E-state index in [0.29, 0.717) is 22.8 Å². The number of hydrogen-bond acceptors (Lipinski definition) is 4. The summed E-state index contributed by atoms with van der Waals surface area (Å²) in [4.78, 5) is 19.7. The molecule has 0 aromatic heterocycles. The smallest absolute Gasteiger partial charge is 0.298 e. The second kappa shape index (κ2) is 8.76. The lowest BCUT2D eigenvalue weighted by Crippen LogP contribution is -2.51. The molecule has 146 valence electrons. The van der Waals surface area contributed by atoms with Gasteiger partial charge in [-0.25, -0.2) is 4.79 Å². The Bertz CT molecular complexity index is 823. The summed E-state index contributed by atoms with van der Waals surface area (Å²) < 4.78 is 0. The second-order valence-corrected chi connectivity index (χ2v) is 7.91. The molecular weight excluding hydrogens is 374 g/mol. The Balaban J connectivity index is 1.35. The van der Waals surface area contributed by atoms with Crippen LogP contribution in [0.3, 0.4) is 0 Å². The van der Waals surface area contributed by atoms with Gasteiger partial charge in [0, 0.05) is 42.2 Å². The topological polar surface area (TPSA) is 53.9 Å². The van der Waals surface area contributed by atoms with Crippen LogP contribution in [0.1, 0.15) is 37.7 Å². The molecule has 2 unspecified atom stereocenters. The summed E-state index contributed by atoms with van der Waals surface area (Å²) in [6.45, 7) is 0.974. The first-order chi connectivity index (χ1) is 13.7. The number of benzene rings is 2. The van der Waals surface area contributed by atoms with Gasteiger partial charge in [-0.1, -0.05) is 53.5 Å². The predicted octanol–water partition coefficient (Wildman–Crippen LogP) is 5.46. The molecule has 2 aromatic rings. The maximum Gasteiger partial charge on any atom is 0.437 e. The first-order valence-electron chi connectivity index (χ1n) is 9.76. The number of nitrogens with one attached hydrogen (secondary N) is 1. The molecule has 2 atom stereocenters. The minimum absolute atomic E-state index is 0.467. The Kier molecular flexibility index (Phi) is 5.93. The van der Waals surface area contributed by atoms with Crippen LogP contribution in [0.5, 0.6) is 0 Å². The quantitative estimate of drug-likeness (QED) is 0.550. The number of oxime groups is 1. The zero-order valence-electron chi connectivity index (χ0n) is 15.7. The third-order valence-corrected chi connectivity index (χ3v) is 5.76. The maximum absolute atomic E-state index is 12.0. The molecule has 6 heteroatoms. The van der Waals surface area contributed by atoms with E-state index in [1.165, 1.54) is 24.8 Å². The van der Waals surface area contributed by atoms with E-state index in [0.717, 1.165) is 25.1 Å². The first-order valence-corrected chi connectivity index (χ1v) is 10.1. The van der Waals surface area contributed by atoms with Crippen LogP contribution >= 0.6 is 11.6 Å². The minimum Gasteiger partial charge on any atom is -0.298 e. The van der Waals surface area contributed by atoms with Gasteiger partial charge in [0.25, 0.3) is 0 Å². The van der Waals surface area contributed by atoms with Gasteiger partial charge in [0.1, 0.15) is 0 Å². The van der Waals surface area contributed by atoms with Gasteiger partial charge in [0.2, 0.25) is 0 Å². The number of carbonyl (C=O) groups excluding carboxylic acids is 1. The summed E-state index contributed by atoms with van der Waals surface area (Å²) in [5, 5.41) is 7.45. The molecule has 4 rings (SSSR count). The number of anilines is 1. The van der Waals surface area contributed by atoms with Crippen molar-refractivity contribution in [2.45, 2.75) is 50.7 Å². The number of rotatable bonds is 4. The lowest BCUT2D eigenvalue weighted by atomic mass is 9.83. The van der Waals surface area contributed by atoms with Crippen molar-refractivity contribution in [2.75, 3.05) is 5.32 Å². The van der Waals surface area contributed by atoms with Crippen molar-refractivity contribution in [3.63, 3.8) is 0 Å². The van der Waals surface area contributed by atoms with Gasteiger partial charge in [-0.05, 0) is 42.7 Å². The van der Waals surface area contributed by atoms with Crippen molar-refractivity contribution in [3.8, 4) is 0 Å². The van der Waals surface area contributed by atoms with Gasteiger partial charge in [0.05, 0.1) is 5.71 Å². The maximum atomic E-state index is 12.0. The number of halogens is 1. The van der Waals surface area contributed by atoms with Gasteiger partial charge in [-0.3, -0.25) is 15.1 Å². The summed E-state index contributed by atoms with van der Waals surface area (Å²) in [7, 11) is 0. The van der Waals surface area contributed by atoms with Crippen LogP contribution in [0.25, 0.3) is 0 Å². The average Bonchev–Trinajstić information content (AvgIpc) is 2.69. The van der Waals surface area contributed by atoms with Crippen molar-refractivity contribution in [1.29, 1.82) is 0 Å². The van der Waals surface area contributed by atoms with E-state index >= 15 is 0 Å². The van der Waals surface area contributed by atoms with Crippen molar-refractivity contribution in [2.24, 2.45) is 5.16 Å². The predicted molar refractivity (Wildman–Crippen MR) is 112 cm³/mol. The number of fused-ring (bicyclic) bond motifs is 2. The fraction of sp³-hybridized carbons (Fsp3) is 0.364. The molecular formula is C22H24ClN3O2. The lowest BCUT2D eigenvalue weighted by molar-refractivity contribution is 0.0662. The number of nitrogens with zero attached hydrogens (tertiary/aromatic N) is 2. The highest BCUT2D eigenvalue weighted by atomic mass is 35.5. The van der Waals surface area contributed by atoms with Crippen molar-refractivity contribution in [3.05, 3.63) is 65.2 Å². The van der Waals surface area contributed by atoms with Crippen LogP contribution < -0.4 is 5.32 Å². The number of carbonyl (C=O) groups is 1. The van der Waals surface area contributed by atoms with Crippen molar-refractivity contribution in [1.82, 2.24) is 4.90 Å². The van der Waals surface area contributed by atoms with Crippen LogP contribution in [0.4, 0.5) is 10.5 Å². The van der Waals surface area contributed by atoms with Crippen molar-refractivity contribution < 1.29 is 9.63 Å². The Labute approximate surface area is 170 Å². The number of hydrogen-bond donors (Lipinski definition) is 1. The zero-order chi connectivity index (χ0) is 19.3. The Morgan fingerprint density at radius 1 is 1.07 bits per heavy atom. The van der Waals surface area contributed by atoms with Gasteiger partial charge in [-0.15, -0.1) is 0 Å². The van der Waals surface area contributed by atoms with E-state index in [-0.39, 0.29) is 0 Å². The molecule has 5 nitrogen and oxygen atoms in total. The van der Waals surface area contributed by atoms with E-state index in [1.54, 1.807) is 24.3 Å². The van der Waals surface area contributed by atoms with E-state index < -0.39 is 6.09 Å². The third-order valence-electron chi connectivity index (χ3n) is 5.51. The standard InChI is InChI=1S/C22H24ClN3O2/c23-17-9-11-18(12-10-17)24-22(27)28-25-19-13-20-7-4-8-21(14-19)26(20)15-16-5-2-1-3-6-16/h1-3,5-6,9-12,20-21H,4,7-8,13-15H2,(H,24,27). The zero-order valence-corrected chi connectivity index (χ0v) is 16.4. The number of amides is 1. The minimum atomic E-state index is -0.577. The van der Waals surface area contributed by atoms with Gasteiger partial charge < -0.3 is 0 Å². The molecule has 2 aliphatic rings. The Morgan fingerprint density at radius 2 is 1.75 bits per heavy atom. The third kappa shape index (κ3) is 4.72. The van der Waals surface area contributed by atoms with Crippen LogP contribution in [0.2, 0.25) is 5.02 Å². The van der Waals surface area contributed by atoms with E-state index in [1.807, 2.05) is 0 Å². The highest BCUT2D eigenvalue weighted by Gasteiger charge is 2.36. The normalized spacial score (nSPS) is 21.8. The molecule has 2 heterocycles. The molecule has 0 aliphatic carbocycles. The molecule has 2 saturated heterocycles. The molecule has 2 aromatic carbocycles. The molecule has 0 spiro atoms. The van der Waals surface area contributed by atoms with E-state index in [9.17, 15) is 4.79 Å². The van der Waals surface area contributed by atoms with E-state index in [4.69, 9.17) is 16.4 Å². The van der Waals surface area contributed by atoms with Crippen LogP contribution in [-0.4, -0.2) is 28.8 Å². The highest BCUT2D eigenvalue weighted by Crippen LogP contribution is 2.34. The SMILES string of the molecule is O=C(Nc1ccc(Cl)cc1)ON=C1CC2CCCC(C1)N2Cc1ccccc1. The molecule has 2 bridgehead atoms. The Morgan fingerprint density at radius 3 is 2.43 bits per heavy atom. The fourth-order valence-corrected chi connectivity index (χ4v) is 4.32. The van der Waals surface area contributed by atoms with Gasteiger partial charge >= 0.3 is 6.09 Å². The fourth-order valence-electron chi connectivity index (χ4n) is 4.19. The van der Waals surface area contributed by atoms with Crippen LogP contribution in [0.15, 0.2) is 59.8 Å². The molecule has 0 radical (unpaired) electrons. The van der Waals surface area contributed by atoms with E-state index in [2.05, 4.69) is 45.7 Å². The average molecular weight is 398 g/mol.